The zero-order valence-electron chi connectivity index (χ0n) is 44.9. The topological polar surface area (TPSA) is 95.9 Å². The van der Waals surface area contributed by atoms with E-state index in [1.165, 1.54) is 212 Å². The average molecular weight is 943 g/mol. The van der Waals surface area contributed by atoms with Crippen molar-refractivity contribution in [2.75, 3.05) is 13.2 Å². The lowest BCUT2D eigenvalue weighted by Crippen LogP contribution is -2.45. The standard InChI is InChI=1S/C61H115NO5/c1-3-5-7-9-11-13-15-17-19-20-21-22-27-31-35-39-43-47-51-55-61(66)67-56-52-48-44-40-36-32-28-24-23-26-30-34-38-42-46-50-54-60(65)62-58(57-63)59(64)53-49-45-41-37-33-29-25-18-16-14-12-10-8-6-4-2/h11,13,17,19,23,26,58-59,63-64H,3-10,12,14-16,18,20-22,24-25,27-57H2,1-2H3,(H,62,65)/b13-11-,19-17-,26-23-. The van der Waals surface area contributed by atoms with Crippen molar-refractivity contribution >= 4 is 11.9 Å². The minimum atomic E-state index is -0.675. The first-order valence-corrected chi connectivity index (χ1v) is 29.7. The van der Waals surface area contributed by atoms with Gasteiger partial charge in [0, 0.05) is 12.8 Å². The van der Waals surface area contributed by atoms with Gasteiger partial charge in [0.25, 0.3) is 0 Å². The highest BCUT2D eigenvalue weighted by Gasteiger charge is 2.20. The van der Waals surface area contributed by atoms with Crippen molar-refractivity contribution in [2.45, 2.75) is 328 Å². The molecule has 0 bridgehead atoms. The van der Waals surface area contributed by atoms with Crippen molar-refractivity contribution in [3.8, 4) is 0 Å². The number of rotatable bonds is 55. The number of esters is 1. The maximum absolute atomic E-state index is 12.5. The summed E-state index contributed by atoms with van der Waals surface area (Å²) in [6.45, 7) is 4.91. The number of aliphatic hydroxyl groups is 2. The van der Waals surface area contributed by atoms with Gasteiger partial charge in [-0.25, -0.2) is 0 Å². The summed E-state index contributed by atoms with van der Waals surface area (Å²) in [5, 5.41) is 23.3. The lowest BCUT2D eigenvalue weighted by atomic mass is 10.0. The lowest BCUT2D eigenvalue weighted by molar-refractivity contribution is -0.143. The van der Waals surface area contributed by atoms with E-state index in [1.807, 2.05) is 0 Å². The Morgan fingerprint density at radius 2 is 0.746 bits per heavy atom. The van der Waals surface area contributed by atoms with E-state index in [0.717, 1.165) is 70.6 Å². The van der Waals surface area contributed by atoms with Crippen LogP contribution in [-0.2, 0) is 14.3 Å². The highest BCUT2D eigenvalue weighted by molar-refractivity contribution is 5.76. The first-order chi connectivity index (χ1) is 33.0. The van der Waals surface area contributed by atoms with E-state index in [4.69, 9.17) is 4.74 Å². The molecular formula is C61H115NO5. The molecule has 6 heteroatoms. The Bertz CT molecular complexity index is 1090. The predicted molar refractivity (Wildman–Crippen MR) is 292 cm³/mol. The van der Waals surface area contributed by atoms with Crippen LogP contribution in [0.3, 0.4) is 0 Å². The molecule has 0 aromatic rings. The number of amides is 1. The van der Waals surface area contributed by atoms with Gasteiger partial charge in [-0.2, -0.15) is 0 Å². The molecule has 0 fully saturated rings. The quantitative estimate of drug-likeness (QED) is 0.0321. The number of hydrogen-bond acceptors (Lipinski definition) is 5. The molecule has 0 heterocycles. The van der Waals surface area contributed by atoms with Crippen LogP contribution in [0, 0.1) is 0 Å². The van der Waals surface area contributed by atoms with Gasteiger partial charge in [-0.3, -0.25) is 9.59 Å². The second-order valence-electron chi connectivity index (χ2n) is 20.3. The molecule has 394 valence electrons. The maximum Gasteiger partial charge on any atom is 0.305 e. The molecule has 0 saturated carbocycles. The van der Waals surface area contributed by atoms with E-state index >= 15 is 0 Å². The third kappa shape index (κ3) is 53.3. The van der Waals surface area contributed by atoms with Gasteiger partial charge in [0.1, 0.15) is 0 Å². The van der Waals surface area contributed by atoms with Crippen molar-refractivity contribution in [1.29, 1.82) is 0 Å². The van der Waals surface area contributed by atoms with E-state index in [1.54, 1.807) is 0 Å². The fraction of sp³-hybridized carbons (Fsp3) is 0.869. The highest BCUT2D eigenvalue weighted by Crippen LogP contribution is 2.17. The Labute approximate surface area is 417 Å². The van der Waals surface area contributed by atoms with E-state index < -0.39 is 12.1 Å². The molecule has 2 unspecified atom stereocenters. The van der Waals surface area contributed by atoms with Gasteiger partial charge in [-0.05, 0) is 83.5 Å². The van der Waals surface area contributed by atoms with Crippen molar-refractivity contribution in [3.63, 3.8) is 0 Å². The molecule has 0 aliphatic rings. The van der Waals surface area contributed by atoms with Gasteiger partial charge in [0.05, 0.1) is 25.4 Å². The molecule has 0 aliphatic heterocycles. The highest BCUT2D eigenvalue weighted by atomic mass is 16.5. The molecule has 0 radical (unpaired) electrons. The molecule has 6 nitrogen and oxygen atoms in total. The number of nitrogens with one attached hydrogen (secondary N) is 1. The van der Waals surface area contributed by atoms with Crippen LogP contribution in [0.15, 0.2) is 36.5 Å². The number of ether oxygens (including phenoxy) is 1. The molecule has 0 aromatic carbocycles. The number of carbonyl (C=O) groups is 2. The van der Waals surface area contributed by atoms with Gasteiger partial charge in [-0.15, -0.1) is 0 Å². The van der Waals surface area contributed by atoms with Crippen LogP contribution in [-0.4, -0.2) is 47.4 Å². The molecule has 0 aliphatic carbocycles. The SMILES string of the molecule is CCCCC/C=C\C/C=C\CCCCCCCCCCCC(=O)OCCCCCCCCC/C=C\CCCCCCCC(=O)NC(CO)C(O)CCCCCCCCCCCCCCCCC. The Morgan fingerprint density at radius 1 is 0.418 bits per heavy atom. The summed E-state index contributed by atoms with van der Waals surface area (Å²) in [5.41, 5.74) is 0. The number of aliphatic hydroxyl groups excluding tert-OH is 2. The molecule has 2 atom stereocenters. The van der Waals surface area contributed by atoms with Crippen LogP contribution in [0.2, 0.25) is 0 Å². The molecule has 0 saturated heterocycles. The Morgan fingerprint density at radius 3 is 1.18 bits per heavy atom. The normalized spacial score (nSPS) is 12.8. The molecule has 0 spiro atoms. The molecule has 67 heavy (non-hydrogen) atoms. The smallest absolute Gasteiger partial charge is 0.305 e. The van der Waals surface area contributed by atoms with Crippen molar-refractivity contribution < 1.29 is 24.5 Å². The lowest BCUT2D eigenvalue weighted by Gasteiger charge is -2.22. The van der Waals surface area contributed by atoms with Gasteiger partial charge in [-0.1, -0.05) is 256 Å². The number of carbonyl (C=O) groups excluding carboxylic acids is 2. The average Bonchev–Trinajstić information content (AvgIpc) is 3.33. The van der Waals surface area contributed by atoms with Crippen LogP contribution in [0.5, 0.6) is 0 Å². The van der Waals surface area contributed by atoms with Crippen LogP contribution < -0.4 is 5.32 Å². The van der Waals surface area contributed by atoms with Crippen LogP contribution >= 0.6 is 0 Å². The summed E-state index contributed by atoms with van der Waals surface area (Å²) in [6.07, 6.45) is 69.9. The Hall–Kier alpha value is -1.92. The summed E-state index contributed by atoms with van der Waals surface area (Å²) in [6, 6.07) is -0.554. The zero-order chi connectivity index (χ0) is 48.6. The van der Waals surface area contributed by atoms with Crippen LogP contribution in [0.4, 0.5) is 0 Å². The number of allylic oxidation sites excluding steroid dienone is 6. The fourth-order valence-electron chi connectivity index (χ4n) is 9.08. The molecule has 0 aromatic heterocycles. The minimum absolute atomic E-state index is 0.00650. The van der Waals surface area contributed by atoms with Gasteiger partial charge >= 0.3 is 5.97 Å². The van der Waals surface area contributed by atoms with E-state index in [0.29, 0.717) is 25.9 Å². The monoisotopic (exact) mass is 942 g/mol. The zero-order valence-corrected chi connectivity index (χ0v) is 44.9. The summed E-state index contributed by atoms with van der Waals surface area (Å²) < 4.78 is 5.48. The molecular weight excluding hydrogens is 827 g/mol. The predicted octanol–water partition coefficient (Wildman–Crippen LogP) is 18.4. The van der Waals surface area contributed by atoms with Crippen molar-refractivity contribution in [1.82, 2.24) is 5.32 Å². The largest absolute Gasteiger partial charge is 0.466 e. The van der Waals surface area contributed by atoms with Gasteiger partial charge in [0.2, 0.25) is 5.91 Å². The molecule has 3 N–H and O–H groups in total. The summed E-state index contributed by atoms with van der Waals surface area (Å²) in [7, 11) is 0. The number of unbranched alkanes of at least 4 members (excludes halogenated alkanes) is 38. The molecule has 0 rings (SSSR count). The third-order valence-corrected chi connectivity index (χ3v) is 13.7. The second kappa shape index (κ2) is 56.7. The first kappa shape index (κ1) is 65.1. The van der Waals surface area contributed by atoms with Crippen LogP contribution in [0.1, 0.15) is 316 Å². The molecule has 1 amide bonds. The summed E-state index contributed by atoms with van der Waals surface area (Å²) in [4.78, 5) is 24.6. The van der Waals surface area contributed by atoms with Gasteiger partial charge < -0.3 is 20.3 Å². The Kier molecular flexibility index (Phi) is 55.0. The Balaban J connectivity index is 3.45. The fourth-order valence-corrected chi connectivity index (χ4v) is 9.08. The first-order valence-electron chi connectivity index (χ1n) is 29.7. The van der Waals surface area contributed by atoms with Gasteiger partial charge in [0.15, 0.2) is 0 Å². The third-order valence-electron chi connectivity index (χ3n) is 13.7. The summed E-state index contributed by atoms with van der Waals surface area (Å²) >= 11 is 0. The maximum atomic E-state index is 12.5. The van der Waals surface area contributed by atoms with E-state index in [-0.39, 0.29) is 18.5 Å². The van der Waals surface area contributed by atoms with E-state index in [9.17, 15) is 19.8 Å². The van der Waals surface area contributed by atoms with Crippen LogP contribution in [0.25, 0.3) is 0 Å². The van der Waals surface area contributed by atoms with E-state index in [2.05, 4.69) is 55.6 Å². The summed E-state index contributed by atoms with van der Waals surface area (Å²) in [5.74, 6) is -0.0578. The van der Waals surface area contributed by atoms with Crippen molar-refractivity contribution in [2.24, 2.45) is 0 Å². The second-order valence-corrected chi connectivity index (χ2v) is 20.3. The van der Waals surface area contributed by atoms with Crippen molar-refractivity contribution in [3.05, 3.63) is 36.5 Å². The number of hydrogen-bond donors (Lipinski definition) is 3. The minimum Gasteiger partial charge on any atom is -0.466 e.